The number of aryl methyl sites for hydroxylation is 1. The lowest BCUT2D eigenvalue weighted by atomic mass is 10.1. The predicted octanol–water partition coefficient (Wildman–Crippen LogP) is 2.28. The predicted molar refractivity (Wildman–Crippen MR) is 69.8 cm³/mol. The summed E-state index contributed by atoms with van der Waals surface area (Å²) in [6, 6.07) is 5.10. The summed E-state index contributed by atoms with van der Waals surface area (Å²) in [6.07, 6.45) is 0.186. The van der Waals surface area contributed by atoms with Crippen LogP contribution in [0.4, 0.5) is 0 Å². The molecule has 18 heavy (non-hydrogen) atoms. The molecule has 0 atom stereocenters. The van der Waals surface area contributed by atoms with Crippen molar-refractivity contribution in [2.45, 2.75) is 13.3 Å². The van der Waals surface area contributed by atoms with Crippen molar-refractivity contribution >= 4 is 23.5 Å². The Morgan fingerprint density at radius 3 is 2.61 bits per heavy atom. The largest absolute Gasteiger partial charge is 0.469 e. The molecule has 0 radical (unpaired) electrons. The minimum Gasteiger partial charge on any atom is -0.469 e. The first-order chi connectivity index (χ1) is 8.45. The first-order valence-electron chi connectivity index (χ1n) is 5.54. The Kier molecular flexibility index (Phi) is 5.16. The first-order valence-corrected chi connectivity index (χ1v) is 5.92. The monoisotopic (exact) mass is 269 g/mol. The Labute approximate surface area is 111 Å². The number of carbonyl (C=O) groups is 2. The topological polar surface area (TPSA) is 46.6 Å². The number of esters is 1. The van der Waals surface area contributed by atoms with Crippen molar-refractivity contribution in [1.29, 1.82) is 0 Å². The highest BCUT2D eigenvalue weighted by Gasteiger charge is 2.13. The number of hydrogen-bond donors (Lipinski definition) is 0. The van der Waals surface area contributed by atoms with Crippen LogP contribution in [0.15, 0.2) is 18.2 Å². The van der Waals surface area contributed by atoms with E-state index in [1.54, 1.807) is 25.2 Å². The van der Waals surface area contributed by atoms with Gasteiger partial charge in [-0.25, -0.2) is 0 Å². The Morgan fingerprint density at radius 1 is 1.39 bits per heavy atom. The van der Waals surface area contributed by atoms with Gasteiger partial charge >= 0.3 is 5.97 Å². The van der Waals surface area contributed by atoms with E-state index < -0.39 is 0 Å². The molecule has 1 amide bonds. The molecule has 5 heteroatoms. The molecule has 4 nitrogen and oxygen atoms in total. The lowest BCUT2D eigenvalue weighted by Gasteiger charge is -2.16. The number of hydrogen-bond acceptors (Lipinski definition) is 3. The van der Waals surface area contributed by atoms with Gasteiger partial charge in [-0.05, 0) is 30.7 Å². The minimum absolute atomic E-state index is 0.140. The lowest BCUT2D eigenvalue weighted by molar-refractivity contribution is -0.140. The Morgan fingerprint density at radius 2 is 2.06 bits per heavy atom. The van der Waals surface area contributed by atoms with E-state index in [0.717, 1.165) is 5.56 Å². The molecule has 0 saturated heterocycles. The third-order valence-corrected chi connectivity index (χ3v) is 3.05. The van der Waals surface area contributed by atoms with E-state index in [-0.39, 0.29) is 18.3 Å². The second kappa shape index (κ2) is 6.40. The molecular weight excluding hydrogens is 254 g/mol. The van der Waals surface area contributed by atoms with Gasteiger partial charge < -0.3 is 9.64 Å². The van der Waals surface area contributed by atoms with Crippen LogP contribution in [0.5, 0.6) is 0 Å². The molecule has 98 valence electrons. The first kappa shape index (κ1) is 14.5. The van der Waals surface area contributed by atoms with Gasteiger partial charge in [-0.2, -0.15) is 0 Å². The minimum atomic E-state index is -0.332. The van der Waals surface area contributed by atoms with E-state index >= 15 is 0 Å². The zero-order chi connectivity index (χ0) is 13.7. The summed E-state index contributed by atoms with van der Waals surface area (Å²) in [7, 11) is 2.97. The lowest BCUT2D eigenvalue weighted by Crippen LogP contribution is -2.29. The van der Waals surface area contributed by atoms with Crippen LogP contribution in [0.3, 0.4) is 0 Å². The molecule has 0 aliphatic heterocycles. The summed E-state index contributed by atoms with van der Waals surface area (Å²) in [5.74, 6) is -0.472. The molecule has 0 bridgehead atoms. The summed E-state index contributed by atoms with van der Waals surface area (Å²) < 4.78 is 4.53. The van der Waals surface area contributed by atoms with Gasteiger partial charge in [0.1, 0.15) is 0 Å². The zero-order valence-electron chi connectivity index (χ0n) is 10.7. The molecule has 0 aliphatic carbocycles. The highest BCUT2D eigenvalue weighted by Crippen LogP contribution is 2.17. The van der Waals surface area contributed by atoms with Crippen molar-refractivity contribution in [3.63, 3.8) is 0 Å². The van der Waals surface area contributed by atoms with E-state index in [1.165, 1.54) is 12.0 Å². The third-order valence-electron chi connectivity index (χ3n) is 2.63. The van der Waals surface area contributed by atoms with E-state index in [1.807, 2.05) is 6.92 Å². The van der Waals surface area contributed by atoms with Crippen LogP contribution in [0.1, 0.15) is 22.3 Å². The maximum absolute atomic E-state index is 12.0. The molecule has 0 spiro atoms. The summed E-state index contributed by atoms with van der Waals surface area (Å²) >= 11 is 5.90. The molecule has 1 rings (SSSR count). The molecule has 0 fully saturated rings. The molecule has 0 N–H and O–H groups in total. The number of nitrogens with zero attached hydrogens (tertiary/aromatic N) is 1. The van der Waals surface area contributed by atoms with Gasteiger partial charge in [-0.1, -0.05) is 11.6 Å². The fourth-order valence-electron chi connectivity index (χ4n) is 1.46. The molecule has 0 aromatic heterocycles. The Hall–Kier alpha value is -1.55. The summed E-state index contributed by atoms with van der Waals surface area (Å²) in [5, 5.41) is 0.628. The van der Waals surface area contributed by atoms with Gasteiger partial charge in [0.15, 0.2) is 0 Å². The standard InChI is InChI=1S/C13H16ClNO3/c1-9-8-10(4-5-11(9)14)13(17)15(2)7-6-12(16)18-3/h4-5,8H,6-7H2,1-3H3. The molecule has 1 aromatic carbocycles. The third kappa shape index (κ3) is 3.74. The fourth-order valence-corrected chi connectivity index (χ4v) is 1.58. The normalized spacial score (nSPS) is 10.0. The quantitative estimate of drug-likeness (QED) is 0.788. The van der Waals surface area contributed by atoms with Crippen molar-refractivity contribution in [2.24, 2.45) is 0 Å². The maximum Gasteiger partial charge on any atom is 0.307 e. The Balaban J connectivity index is 2.68. The van der Waals surface area contributed by atoms with Gasteiger partial charge in [-0.3, -0.25) is 9.59 Å². The van der Waals surface area contributed by atoms with Gasteiger partial charge in [0, 0.05) is 24.2 Å². The second-order valence-electron chi connectivity index (χ2n) is 4.02. The van der Waals surface area contributed by atoms with Gasteiger partial charge in [0.2, 0.25) is 0 Å². The van der Waals surface area contributed by atoms with Crippen LogP contribution in [0.25, 0.3) is 0 Å². The molecule has 0 heterocycles. The van der Waals surface area contributed by atoms with Crippen molar-refractivity contribution in [3.05, 3.63) is 34.3 Å². The number of ether oxygens (including phenoxy) is 1. The van der Waals surface area contributed by atoms with E-state index in [0.29, 0.717) is 17.1 Å². The summed E-state index contributed by atoms with van der Waals surface area (Å²) in [6.45, 7) is 2.17. The summed E-state index contributed by atoms with van der Waals surface area (Å²) in [5.41, 5.74) is 1.41. The number of halogens is 1. The number of benzene rings is 1. The average Bonchev–Trinajstić information content (AvgIpc) is 2.37. The second-order valence-corrected chi connectivity index (χ2v) is 4.42. The number of rotatable bonds is 4. The SMILES string of the molecule is COC(=O)CCN(C)C(=O)c1ccc(Cl)c(C)c1. The fraction of sp³-hybridized carbons (Fsp3) is 0.385. The van der Waals surface area contributed by atoms with Crippen LogP contribution < -0.4 is 0 Å². The number of carbonyl (C=O) groups excluding carboxylic acids is 2. The van der Waals surface area contributed by atoms with E-state index in [2.05, 4.69) is 4.74 Å². The van der Waals surface area contributed by atoms with Crippen molar-refractivity contribution in [2.75, 3.05) is 20.7 Å². The Bertz CT molecular complexity index is 460. The van der Waals surface area contributed by atoms with Crippen LogP contribution in [-0.2, 0) is 9.53 Å². The molecule has 0 unspecified atom stereocenters. The highest BCUT2D eigenvalue weighted by molar-refractivity contribution is 6.31. The average molecular weight is 270 g/mol. The van der Waals surface area contributed by atoms with Gasteiger partial charge in [0.05, 0.1) is 13.5 Å². The van der Waals surface area contributed by atoms with Gasteiger partial charge in [0.25, 0.3) is 5.91 Å². The van der Waals surface area contributed by atoms with Crippen LogP contribution >= 0.6 is 11.6 Å². The molecular formula is C13H16ClNO3. The molecule has 0 aliphatic rings. The van der Waals surface area contributed by atoms with E-state index in [9.17, 15) is 9.59 Å². The summed E-state index contributed by atoms with van der Waals surface area (Å²) in [4.78, 5) is 24.5. The smallest absolute Gasteiger partial charge is 0.307 e. The molecule has 1 aromatic rings. The molecule has 0 saturated carbocycles. The van der Waals surface area contributed by atoms with Gasteiger partial charge in [-0.15, -0.1) is 0 Å². The zero-order valence-corrected chi connectivity index (χ0v) is 11.5. The highest BCUT2D eigenvalue weighted by atomic mass is 35.5. The van der Waals surface area contributed by atoms with E-state index in [4.69, 9.17) is 11.6 Å². The van der Waals surface area contributed by atoms with Crippen LogP contribution in [0.2, 0.25) is 5.02 Å². The van der Waals surface area contributed by atoms with Crippen molar-refractivity contribution in [3.8, 4) is 0 Å². The van der Waals surface area contributed by atoms with Crippen LogP contribution in [-0.4, -0.2) is 37.5 Å². The maximum atomic E-state index is 12.0. The number of methoxy groups -OCH3 is 1. The number of amides is 1. The van der Waals surface area contributed by atoms with Crippen molar-refractivity contribution in [1.82, 2.24) is 4.90 Å². The van der Waals surface area contributed by atoms with Crippen LogP contribution in [0, 0.1) is 6.92 Å². The van der Waals surface area contributed by atoms with Crippen molar-refractivity contribution < 1.29 is 14.3 Å².